The first kappa shape index (κ1) is 18.9. The van der Waals surface area contributed by atoms with Crippen molar-refractivity contribution in [2.24, 2.45) is 0 Å². The molecule has 0 bridgehead atoms. The Morgan fingerprint density at radius 2 is 1.61 bits per heavy atom. The molecule has 0 aromatic carbocycles. The van der Waals surface area contributed by atoms with Crippen LogP contribution < -0.4 is 9.80 Å². The number of anilines is 2. The standard InChI is InChI=1S/C19H24F2N6O/c1-14-10-18(26-6-8-28-9-7-26)24-19(23-14)27-4-2-25(3-5-27)13-15-16(20)11-22-12-17(15)21/h10-12H,2-9,13H2,1H3. The van der Waals surface area contributed by atoms with Gasteiger partial charge in [0, 0.05) is 63.1 Å². The smallest absolute Gasteiger partial charge is 0.227 e. The fourth-order valence-electron chi connectivity index (χ4n) is 3.55. The lowest BCUT2D eigenvalue weighted by molar-refractivity contribution is 0.122. The Bertz CT molecular complexity index is 802. The molecule has 2 aliphatic heterocycles. The fraction of sp³-hybridized carbons (Fsp3) is 0.526. The first-order chi connectivity index (χ1) is 13.6. The quantitative estimate of drug-likeness (QED) is 0.786. The molecule has 0 atom stereocenters. The molecule has 0 aliphatic carbocycles. The zero-order valence-corrected chi connectivity index (χ0v) is 15.9. The van der Waals surface area contributed by atoms with Gasteiger partial charge < -0.3 is 14.5 Å². The number of nitrogens with zero attached hydrogens (tertiary/aromatic N) is 6. The van der Waals surface area contributed by atoms with Crippen LogP contribution in [0.5, 0.6) is 0 Å². The minimum Gasteiger partial charge on any atom is -0.378 e. The van der Waals surface area contributed by atoms with E-state index in [1.807, 2.05) is 17.9 Å². The van der Waals surface area contributed by atoms with E-state index in [2.05, 4.69) is 19.8 Å². The van der Waals surface area contributed by atoms with E-state index in [0.717, 1.165) is 37.0 Å². The van der Waals surface area contributed by atoms with Crippen molar-refractivity contribution < 1.29 is 13.5 Å². The van der Waals surface area contributed by atoms with E-state index in [1.54, 1.807) is 0 Å². The van der Waals surface area contributed by atoms with Crippen LogP contribution in [0.3, 0.4) is 0 Å². The molecule has 7 nitrogen and oxygen atoms in total. The molecule has 0 saturated carbocycles. The molecule has 2 aromatic rings. The third-order valence-electron chi connectivity index (χ3n) is 5.15. The highest BCUT2D eigenvalue weighted by molar-refractivity contribution is 5.46. The SMILES string of the molecule is Cc1cc(N2CCOCC2)nc(N2CCN(Cc3c(F)cncc3F)CC2)n1. The number of halogens is 2. The topological polar surface area (TPSA) is 57.6 Å². The molecular weight excluding hydrogens is 366 g/mol. The number of ether oxygens (including phenoxy) is 1. The molecule has 0 radical (unpaired) electrons. The van der Waals surface area contributed by atoms with Crippen LogP contribution >= 0.6 is 0 Å². The van der Waals surface area contributed by atoms with Crippen molar-refractivity contribution in [1.82, 2.24) is 19.9 Å². The highest BCUT2D eigenvalue weighted by Crippen LogP contribution is 2.21. The Hall–Kier alpha value is -2.39. The zero-order chi connectivity index (χ0) is 19.5. The average molecular weight is 390 g/mol. The van der Waals surface area contributed by atoms with E-state index in [1.165, 1.54) is 0 Å². The highest BCUT2D eigenvalue weighted by atomic mass is 19.1. The predicted octanol–water partition coefficient (Wildman–Crippen LogP) is 1.62. The lowest BCUT2D eigenvalue weighted by atomic mass is 10.2. The Morgan fingerprint density at radius 1 is 0.929 bits per heavy atom. The average Bonchev–Trinajstić information content (AvgIpc) is 2.71. The van der Waals surface area contributed by atoms with Gasteiger partial charge in [0.25, 0.3) is 0 Å². The third-order valence-corrected chi connectivity index (χ3v) is 5.15. The summed E-state index contributed by atoms with van der Waals surface area (Å²) in [5.74, 6) is 0.441. The maximum atomic E-state index is 13.8. The Labute approximate surface area is 163 Å². The molecule has 2 aromatic heterocycles. The number of hydrogen-bond acceptors (Lipinski definition) is 7. The van der Waals surface area contributed by atoms with Crippen molar-refractivity contribution in [3.8, 4) is 0 Å². The lowest BCUT2D eigenvalue weighted by Crippen LogP contribution is -2.47. The van der Waals surface area contributed by atoms with E-state index in [9.17, 15) is 8.78 Å². The second-order valence-electron chi connectivity index (χ2n) is 7.11. The normalized spacial score (nSPS) is 18.5. The van der Waals surface area contributed by atoms with Crippen LogP contribution in [0.15, 0.2) is 18.5 Å². The van der Waals surface area contributed by atoms with Gasteiger partial charge in [-0.1, -0.05) is 0 Å². The number of hydrogen-bond donors (Lipinski definition) is 0. The van der Waals surface area contributed by atoms with Gasteiger partial charge in [-0.3, -0.25) is 9.88 Å². The molecule has 4 heterocycles. The number of rotatable bonds is 4. The summed E-state index contributed by atoms with van der Waals surface area (Å²) in [4.78, 5) is 19.3. The van der Waals surface area contributed by atoms with Gasteiger partial charge in [-0.25, -0.2) is 13.8 Å². The summed E-state index contributed by atoms with van der Waals surface area (Å²) in [6.07, 6.45) is 2.12. The van der Waals surface area contributed by atoms with Crippen molar-refractivity contribution in [2.75, 3.05) is 62.3 Å². The van der Waals surface area contributed by atoms with Crippen LogP contribution in [0.25, 0.3) is 0 Å². The van der Waals surface area contributed by atoms with Crippen LogP contribution in [0, 0.1) is 18.6 Å². The molecule has 28 heavy (non-hydrogen) atoms. The number of aromatic nitrogens is 3. The molecular formula is C19H24F2N6O. The molecule has 2 aliphatic rings. The van der Waals surface area contributed by atoms with Crippen LogP contribution in [0.4, 0.5) is 20.5 Å². The van der Waals surface area contributed by atoms with Crippen molar-refractivity contribution in [3.63, 3.8) is 0 Å². The van der Waals surface area contributed by atoms with Crippen LogP contribution in [-0.2, 0) is 11.3 Å². The largest absolute Gasteiger partial charge is 0.378 e. The van der Waals surface area contributed by atoms with Crippen LogP contribution in [0.2, 0.25) is 0 Å². The van der Waals surface area contributed by atoms with Crippen molar-refractivity contribution in [1.29, 1.82) is 0 Å². The summed E-state index contributed by atoms with van der Waals surface area (Å²) in [7, 11) is 0. The Balaban J connectivity index is 1.41. The van der Waals surface area contributed by atoms with Gasteiger partial charge in [-0.05, 0) is 6.92 Å². The van der Waals surface area contributed by atoms with Gasteiger partial charge in [0.05, 0.1) is 25.6 Å². The molecule has 0 amide bonds. The predicted molar refractivity (Wildman–Crippen MR) is 101 cm³/mol. The van der Waals surface area contributed by atoms with Gasteiger partial charge in [0.2, 0.25) is 5.95 Å². The number of morpholine rings is 1. The minimum atomic E-state index is -0.598. The molecule has 4 rings (SSSR count). The molecule has 0 spiro atoms. The summed E-state index contributed by atoms with van der Waals surface area (Å²) < 4.78 is 33.1. The van der Waals surface area contributed by atoms with Crippen LogP contribution in [0.1, 0.15) is 11.3 Å². The monoisotopic (exact) mass is 390 g/mol. The molecule has 9 heteroatoms. The first-order valence-corrected chi connectivity index (χ1v) is 9.54. The summed E-state index contributed by atoms with van der Waals surface area (Å²) in [6, 6.07) is 2.00. The second kappa shape index (κ2) is 8.32. The fourth-order valence-corrected chi connectivity index (χ4v) is 3.55. The summed E-state index contributed by atoms with van der Waals surface area (Å²) in [5.41, 5.74) is 1.000. The first-order valence-electron chi connectivity index (χ1n) is 9.54. The van der Waals surface area contributed by atoms with Crippen molar-refractivity contribution in [2.45, 2.75) is 13.5 Å². The lowest BCUT2D eigenvalue weighted by Gasteiger charge is -2.35. The van der Waals surface area contributed by atoms with Crippen molar-refractivity contribution in [3.05, 3.63) is 41.4 Å². The van der Waals surface area contributed by atoms with Gasteiger partial charge >= 0.3 is 0 Å². The second-order valence-corrected chi connectivity index (χ2v) is 7.11. The Kier molecular flexibility index (Phi) is 5.63. The highest BCUT2D eigenvalue weighted by Gasteiger charge is 2.23. The van der Waals surface area contributed by atoms with Gasteiger partial charge in [-0.15, -0.1) is 0 Å². The number of aryl methyl sites for hydroxylation is 1. The van der Waals surface area contributed by atoms with Gasteiger partial charge in [0.15, 0.2) is 0 Å². The zero-order valence-electron chi connectivity index (χ0n) is 15.9. The molecule has 0 N–H and O–H groups in total. The molecule has 2 fully saturated rings. The summed E-state index contributed by atoms with van der Waals surface area (Å²) in [5, 5.41) is 0. The minimum absolute atomic E-state index is 0.0739. The Morgan fingerprint density at radius 3 is 2.29 bits per heavy atom. The van der Waals surface area contributed by atoms with E-state index in [4.69, 9.17) is 9.72 Å². The van der Waals surface area contributed by atoms with E-state index >= 15 is 0 Å². The van der Waals surface area contributed by atoms with Gasteiger partial charge in [-0.2, -0.15) is 4.98 Å². The third kappa shape index (κ3) is 4.20. The maximum absolute atomic E-state index is 13.8. The number of piperazine rings is 1. The van der Waals surface area contributed by atoms with Gasteiger partial charge in [0.1, 0.15) is 17.5 Å². The van der Waals surface area contributed by atoms with Crippen molar-refractivity contribution >= 4 is 11.8 Å². The van der Waals surface area contributed by atoms with Crippen LogP contribution in [-0.4, -0.2) is 72.3 Å². The number of pyridine rings is 1. The molecule has 2 saturated heterocycles. The maximum Gasteiger partial charge on any atom is 0.227 e. The molecule has 0 unspecified atom stereocenters. The molecule has 150 valence electrons. The van der Waals surface area contributed by atoms with E-state index in [0.29, 0.717) is 45.3 Å². The van der Waals surface area contributed by atoms with E-state index < -0.39 is 11.6 Å². The summed E-state index contributed by atoms with van der Waals surface area (Å²) in [6.45, 7) is 8.07. The summed E-state index contributed by atoms with van der Waals surface area (Å²) >= 11 is 0. The van der Waals surface area contributed by atoms with E-state index in [-0.39, 0.29) is 12.1 Å².